The van der Waals surface area contributed by atoms with Gasteiger partial charge in [-0.05, 0) is 35.4 Å². The maximum atomic E-state index is 15.2. The standard InChI is InChI=1S/C28H26F4N2O4/c1-36-9-10-37-26(35)13-18-5-2-3-8-24(18)38-16-17-11-21(20-7-4-6-19(15-33)27(20)29)22-14-25(28(30,31)32)34-23(22)12-17/h2-8,11-12,14,34H,9-10,13,15-16,33H2,1H3. The second-order valence-electron chi connectivity index (χ2n) is 8.55. The third-order valence-corrected chi connectivity index (χ3v) is 5.94. The van der Waals surface area contributed by atoms with Crippen molar-refractivity contribution in [1.29, 1.82) is 0 Å². The second-order valence-corrected chi connectivity index (χ2v) is 8.55. The molecule has 0 saturated carbocycles. The number of carbonyl (C=O) groups excluding carboxylic acids is 1. The van der Waals surface area contributed by atoms with Gasteiger partial charge < -0.3 is 24.9 Å². The van der Waals surface area contributed by atoms with Gasteiger partial charge in [0.2, 0.25) is 0 Å². The van der Waals surface area contributed by atoms with Crippen molar-refractivity contribution >= 4 is 16.9 Å². The Hall–Kier alpha value is -3.89. The van der Waals surface area contributed by atoms with E-state index >= 15 is 4.39 Å². The SMILES string of the molecule is COCCOC(=O)Cc1ccccc1OCc1cc(-c2cccc(CN)c2F)c2cc(C(F)(F)F)[nH]c2c1. The van der Waals surface area contributed by atoms with Gasteiger partial charge in [-0.3, -0.25) is 4.79 Å². The lowest BCUT2D eigenvalue weighted by molar-refractivity contribution is -0.144. The molecule has 3 N–H and O–H groups in total. The molecular formula is C28H26F4N2O4. The fourth-order valence-electron chi connectivity index (χ4n) is 4.10. The van der Waals surface area contributed by atoms with Gasteiger partial charge in [0.25, 0.3) is 0 Å². The lowest BCUT2D eigenvalue weighted by Gasteiger charge is -2.14. The monoisotopic (exact) mass is 530 g/mol. The van der Waals surface area contributed by atoms with Crippen LogP contribution in [0.25, 0.3) is 22.0 Å². The van der Waals surface area contributed by atoms with Gasteiger partial charge in [-0.25, -0.2) is 4.39 Å². The van der Waals surface area contributed by atoms with Crippen LogP contribution in [0, 0.1) is 5.82 Å². The largest absolute Gasteiger partial charge is 0.489 e. The third kappa shape index (κ3) is 6.15. The van der Waals surface area contributed by atoms with Crippen LogP contribution in [-0.4, -0.2) is 31.3 Å². The van der Waals surface area contributed by atoms with Crippen LogP contribution in [0.3, 0.4) is 0 Å². The molecule has 0 aliphatic rings. The smallest absolute Gasteiger partial charge is 0.431 e. The summed E-state index contributed by atoms with van der Waals surface area (Å²) in [6.07, 6.45) is -4.64. The topological polar surface area (TPSA) is 86.6 Å². The van der Waals surface area contributed by atoms with Gasteiger partial charge in [0, 0.05) is 41.2 Å². The minimum absolute atomic E-state index is 0.0349. The molecule has 4 aromatic rings. The number of ether oxygens (including phenoxy) is 3. The van der Waals surface area contributed by atoms with Crippen molar-refractivity contribution < 1.29 is 36.6 Å². The van der Waals surface area contributed by atoms with Gasteiger partial charge in [-0.2, -0.15) is 13.2 Å². The molecule has 1 aromatic heterocycles. The predicted molar refractivity (Wildman–Crippen MR) is 134 cm³/mol. The number of benzene rings is 3. The summed E-state index contributed by atoms with van der Waals surface area (Å²) in [4.78, 5) is 14.6. The highest BCUT2D eigenvalue weighted by atomic mass is 19.4. The van der Waals surface area contributed by atoms with Crippen LogP contribution in [0.4, 0.5) is 17.6 Å². The van der Waals surface area contributed by atoms with Crippen LogP contribution in [-0.2, 0) is 40.0 Å². The average molecular weight is 531 g/mol. The zero-order valence-corrected chi connectivity index (χ0v) is 20.5. The van der Waals surface area contributed by atoms with E-state index in [0.29, 0.717) is 16.9 Å². The lowest BCUT2D eigenvalue weighted by atomic mass is 9.96. The van der Waals surface area contributed by atoms with E-state index in [4.69, 9.17) is 19.9 Å². The highest BCUT2D eigenvalue weighted by Gasteiger charge is 2.33. The minimum Gasteiger partial charge on any atom is -0.489 e. The van der Waals surface area contributed by atoms with Gasteiger partial charge in [-0.15, -0.1) is 0 Å². The first kappa shape index (κ1) is 27.2. The fourth-order valence-corrected chi connectivity index (χ4v) is 4.10. The average Bonchev–Trinajstić information content (AvgIpc) is 3.33. The van der Waals surface area contributed by atoms with E-state index < -0.39 is 23.7 Å². The molecule has 10 heteroatoms. The van der Waals surface area contributed by atoms with E-state index in [9.17, 15) is 18.0 Å². The first-order chi connectivity index (χ1) is 18.2. The molecule has 0 atom stereocenters. The zero-order chi connectivity index (χ0) is 27.3. The van der Waals surface area contributed by atoms with Crippen LogP contribution in [0.15, 0.2) is 60.7 Å². The normalized spacial score (nSPS) is 11.6. The molecule has 0 bridgehead atoms. The molecule has 0 radical (unpaired) electrons. The van der Waals surface area contributed by atoms with Crippen molar-refractivity contribution in [3.8, 4) is 16.9 Å². The molecule has 3 aromatic carbocycles. The van der Waals surface area contributed by atoms with E-state index in [1.54, 1.807) is 36.4 Å². The maximum Gasteiger partial charge on any atom is 0.431 e. The number of halogens is 4. The molecule has 38 heavy (non-hydrogen) atoms. The molecule has 0 unspecified atom stereocenters. The van der Waals surface area contributed by atoms with E-state index in [2.05, 4.69) is 4.98 Å². The summed E-state index contributed by atoms with van der Waals surface area (Å²) in [6.45, 7) is 0.298. The molecule has 6 nitrogen and oxygen atoms in total. The van der Waals surface area contributed by atoms with Crippen LogP contribution >= 0.6 is 0 Å². The second kappa shape index (κ2) is 11.7. The number of nitrogens with one attached hydrogen (secondary N) is 1. The van der Waals surface area contributed by atoms with Crippen molar-refractivity contribution in [2.75, 3.05) is 20.3 Å². The molecule has 200 valence electrons. The van der Waals surface area contributed by atoms with Crippen molar-refractivity contribution in [1.82, 2.24) is 4.98 Å². The number of carbonyl (C=O) groups is 1. The number of aromatic amines is 1. The number of methoxy groups -OCH3 is 1. The summed E-state index contributed by atoms with van der Waals surface area (Å²) >= 11 is 0. The summed E-state index contributed by atoms with van der Waals surface area (Å²) in [5, 5.41) is 0.216. The van der Waals surface area contributed by atoms with Crippen molar-refractivity contribution in [3.63, 3.8) is 0 Å². The summed E-state index contributed by atoms with van der Waals surface area (Å²) in [5.41, 5.74) is 6.61. The number of para-hydroxylation sites is 1. The molecule has 0 saturated heterocycles. The molecule has 0 aliphatic carbocycles. The van der Waals surface area contributed by atoms with Crippen molar-refractivity contribution in [2.24, 2.45) is 5.73 Å². The third-order valence-electron chi connectivity index (χ3n) is 5.94. The number of aromatic nitrogens is 1. The number of alkyl halides is 3. The Kier molecular flexibility index (Phi) is 8.33. The molecular weight excluding hydrogens is 504 g/mol. The number of H-pyrrole nitrogens is 1. The number of nitrogens with two attached hydrogens (primary N) is 1. The molecule has 1 heterocycles. The highest BCUT2D eigenvalue weighted by molar-refractivity contribution is 5.96. The van der Waals surface area contributed by atoms with Crippen LogP contribution < -0.4 is 10.5 Å². The summed E-state index contributed by atoms with van der Waals surface area (Å²) in [5.74, 6) is -0.638. The first-order valence-corrected chi connectivity index (χ1v) is 11.8. The Morgan fingerprint density at radius 3 is 2.47 bits per heavy atom. The van der Waals surface area contributed by atoms with Gasteiger partial charge in [0.05, 0.1) is 13.0 Å². The number of esters is 1. The van der Waals surface area contributed by atoms with E-state index in [-0.39, 0.29) is 60.4 Å². The van der Waals surface area contributed by atoms with Gasteiger partial charge in [0.1, 0.15) is 30.5 Å². The molecule has 0 fully saturated rings. The molecule has 4 rings (SSSR count). The van der Waals surface area contributed by atoms with E-state index in [1.165, 1.54) is 25.3 Å². The summed E-state index contributed by atoms with van der Waals surface area (Å²) in [7, 11) is 1.50. The molecule has 0 aliphatic heterocycles. The first-order valence-electron chi connectivity index (χ1n) is 11.8. The van der Waals surface area contributed by atoms with Gasteiger partial charge >= 0.3 is 12.1 Å². The highest BCUT2D eigenvalue weighted by Crippen LogP contribution is 2.38. The lowest BCUT2D eigenvalue weighted by Crippen LogP contribution is -2.12. The van der Waals surface area contributed by atoms with E-state index in [1.807, 2.05) is 0 Å². The van der Waals surface area contributed by atoms with Crippen LogP contribution in [0.2, 0.25) is 0 Å². The Morgan fingerprint density at radius 2 is 1.74 bits per heavy atom. The van der Waals surface area contributed by atoms with Crippen LogP contribution in [0.1, 0.15) is 22.4 Å². The summed E-state index contributed by atoms with van der Waals surface area (Å²) < 4.78 is 71.6. The Morgan fingerprint density at radius 1 is 0.974 bits per heavy atom. The Balaban J connectivity index is 1.67. The Labute approximate surface area is 216 Å². The van der Waals surface area contributed by atoms with Crippen LogP contribution in [0.5, 0.6) is 5.75 Å². The Bertz CT molecular complexity index is 1430. The molecule has 0 spiro atoms. The fraction of sp³-hybridized carbons (Fsp3) is 0.250. The number of hydrogen-bond donors (Lipinski definition) is 2. The summed E-state index contributed by atoms with van der Waals surface area (Å²) in [6, 6.07) is 15.6. The zero-order valence-electron chi connectivity index (χ0n) is 20.5. The van der Waals surface area contributed by atoms with Crippen molar-refractivity contribution in [3.05, 3.63) is 88.9 Å². The quantitative estimate of drug-likeness (QED) is 0.155. The number of hydrogen-bond acceptors (Lipinski definition) is 5. The van der Waals surface area contributed by atoms with Gasteiger partial charge in [0.15, 0.2) is 0 Å². The number of rotatable bonds is 10. The number of fused-ring (bicyclic) bond motifs is 1. The predicted octanol–water partition coefficient (Wildman–Crippen LogP) is 5.76. The minimum atomic E-state index is -4.61. The van der Waals surface area contributed by atoms with Crippen molar-refractivity contribution in [2.45, 2.75) is 25.7 Å². The molecule has 0 amide bonds. The van der Waals surface area contributed by atoms with Gasteiger partial charge in [-0.1, -0.05) is 36.4 Å². The van der Waals surface area contributed by atoms with E-state index in [0.717, 1.165) is 6.07 Å². The maximum absolute atomic E-state index is 15.2.